The van der Waals surface area contributed by atoms with E-state index in [2.05, 4.69) is 47.1 Å². The van der Waals surface area contributed by atoms with Crippen molar-refractivity contribution in [3.8, 4) is 5.82 Å². The van der Waals surface area contributed by atoms with Crippen molar-refractivity contribution in [1.82, 2.24) is 29.7 Å². The maximum absolute atomic E-state index is 13.1. The highest BCUT2D eigenvalue weighted by Crippen LogP contribution is 2.21. The molecule has 1 N–H and O–H groups in total. The van der Waals surface area contributed by atoms with Gasteiger partial charge in [0.1, 0.15) is 5.82 Å². The first kappa shape index (κ1) is 21.4. The Morgan fingerprint density at radius 3 is 2.50 bits per heavy atom. The SMILES string of the molecule is C[C@H]1CN(c2ccccn2)CCN1c1ncc(NC(=O)c2ccc(-n3cc(F)cn3)nc2)cn1. The molecule has 10 nitrogen and oxygen atoms in total. The average Bonchev–Trinajstić information content (AvgIpc) is 3.31. The Hall–Kier alpha value is -4.41. The van der Waals surface area contributed by atoms with Crippen LogP contribution in [0.5, 0.6) is 0 Å². The topological polar surface area (TPSA) is 105 Å². The lowest BCUT2D eigenvalue weighted by molar-refractivity contribution is 0.102. The molecule has 1 aliphatic rings. The normalized spacial score (nSPS) is 15.9. The van der Waals surface area contributed by atoms with Gasteiger partial charge in [0.25, 0.3) is 5.91 Å². The number of halogens is 1. The van der Waals surface area contributed by atoms with Gasteiger partial charge < -0.3 is 15.1 Å². The van der Waals surface area contributed by atoms with Crippen molar-refractivity contribution in [2.45, 2.75) is 13.0 Å². The summed E-state index contributed by atoms with van der Waals surface area (Å²) in [6.45, 7) is 4.52. The van der Waals surface area contributed by atoms with Crippen LogP contribution >= 0.6 is 0 Å². The van der Waals surface area contributed by atoms with Crippen LogP contribution in [0.1, 0.15) is 17.3 Å². The number of aromatic nitrogens is 6. The van der Waals surface area contributed by atoms with Crippen LogP contribution in [0.25, 0.3) is 5.82 Å². The molecule has 4 aromatic rings. The zero-order valence-electron chi connectivity index (χ0n) is 18.4. The summed E-state index contributed by atoms with van der Waals surface area (Å²) in [5, 5.41) is 6.62. The molecule has 34 heavy (non-hydrogen) atoms. The summed E-state index contributed by atoms with van der Waals surface area (Å²) in [7, 11) is 0. The maximum atomic E-state index is 13.1. The standard InChI is InChI=1S/C23H22FN9O/c1-16-14-31(20-4-2-3-7-25-20)8-9-32(16)23-27-12-19(13-28-23)30-22(34)17-5-6-21(26-10-17)33-15-18(24)11-29-33/h2-7,10-13,15-16H,8-9,14H2,1H3,(H,30,34)/t16-/m0/s1. The van der Waals surface area contributed by atoms with Crippen LogP contribution in [0.4, 0.5) is 21.8 Å². The highest BCUT2D eigenvalue weighted by Gasteiger charge is 2.26. The van der Waals surface area contributed by atoms with Crippen molar-refractivity contribution in [2.75, 3.05) is 34.8 Å². The van der Waals surface area contributed by atoms with Crippen molar-refractivity contribution in [3.63, 3.8) is 0 Å². The number of nitrogens with one attached hydrogen (secondary N) is 1. The Morgan fingerprint density at radius 2 is 1.85 bits per heavy atom. The molecule has 11 heteroatoms. The second-order valence-corrected chi connectivity index (χ2v) is 7.91. The number of amides is 1. The third-order valence-electron chi connectivity index (χ3n) is 5.55. The van der Waals surface area contributed by atoms with Gasteiger partial charge in [-0.3, -0.25) is 4.79 Å². The minimum absolute atomic E-state index is 0.198. The first-order chi connectivity index (χ1) is 16.6. The van der Waals surface area contributed by atoms with Gasteiger partial charge in [-0.1, -0.05) is 6.07 Å². The molecule has 0 aromatic carbocycles. The Kier molecular flexibility index (Phi) is 5.81. The number of pyridine rings is 2. The van der Waals surface area contributed by atoms with Gasteiger partial charge >= 0.3 is 0 Å². The van der Waals surface area contributed by atoms with Gasteiger partial charge in [-0.25, -0.2) is 29.0 Å². The first-order valence-electron chi connectivity index (χ1n) is 10.8. The van der Waals surface area contributed by atoms with Crippen LogP contribution in [0, 0.1) is 5.82 Å². The van der Waals surface area contributed by atoms with Gasteiger partial charge in [-0.05, 0) is 31.2 Å². The molecule has 172 valence electrons. The minimum atomic E-state index is -0.462. The number of hydrogen-bond acceptors (Lipinski definition) is 8. The summed E-state index contributed by atoms with van der Waals surface area (Å²) in [5.41, 5.74) is 0.825. The predicted octanol–water partition coefficient (Wildman–Crippen LogP) is 2.56. The van der Waals surface area contributed by atoms with E-state index in [0.29, 0.717) is 23.0 Å². The fraction of sp³-hybridized carbons (Fsp3) is 0.217. The molecule has 5 rings (SSSR count). The van der Waals surface area contributed by atoms with Gasteiger partial charge in [-0.15, -0.1) is 0 Å². The number of carbonyl (C=O) groups excluding carboxylic acids is 1. The van der Waals surface area contributed by atoms with Gasteiger partial charge in [0.2, 0.25) is 5.95 Å². The third kappa shape index (κ3) is 4.53. The number of nitrogens with zero attached hydrogens (tertiary/aromatic N) is 8. The second kappa shape index (κ2) is 9.22. The first-order valence-corrected chi connectivity index (χ1v) is 10.8. The van der Waals surface area contributed by atoms with Crippen LogP contribution in [-0.2, 0) is 0 Å². The summed E-state index contributed by atoms with van der Waals surface area (Å²) < 4.78 is 14.4. The van der Waals surface area contributed by atoms with Gasteiger partial charge in [0.05, 0.1) is 36.0 Å². The molecule has 1 fully saturated rings. The molecule has 1 saturated heterocycles. The predicted molar refractivity (Wildman–Crippen MR) is 125 cm³/mol. The van der Waals surface area contributed by atoms with E-state index < -0.39 is 5.82 Å². The molecule has 4 aromatic heterocycles. The number of hydrogen-bond donors (Lipinski definition) is 1. The fourth-order valence-corrected chi connectivity index (χ4v) is 3.82. The molecule has 1 atom stereocenters. The highest BCUT2D eigenvalue weighted by atomic mass is 19.1. The lowest BCUT2D eigenvalue weighted by Crippen LogP contribution is -2.53. The Bertz CT molecular complexity index is 1260. The van der Waals surface area contributed by atoms with Crippen molar-refractivity contribution < 1.29 is 9.18 Å². The lowest BCUT2D eigenvalue weighted by atomic mass is 10.2. The fourth-order valence-electron chi connectivity index (χ4n) is 3.82. The molecule has 0 aliphatic carbocycles. The molecular weight excluding hydrogens is 437 g/mol. The van der Waals surface area contributed by atoms with E-state index in [-0.39, 0.29) is 11.9 Å². The van der Waals surface area contributed by atoms with E-state index in [4.69, 9.17) is 0 Å². The lowest BCUT2D eigenvalue weighted by Gasteiger charge is -2.40. The Labute approximate surface area is 195 Å². The Morgan fingerprint density at radius 1 is 1.00 bits per heavy atom. The van der Waals surface area contributed by atoms with Crippen molar-refractivity contribution in [1.29, 1.82) is 0 Å². The Balaban J connectivity index is 1.20. The van der Waals surface area contributed by atoms with E-state index in [1.807, 2.05) is 18.2 Å². The van der Waals surface area contributed by atoms with Crippen LogP contribution in [0.2, 0.25) is 0 Å². The molecule has 1 aliphatic heterocycles. The van der Waals surface area contributed by atoms with Crippen LogP contribution in [0.15, 0.2) is 67.5 Å². The quantitative estimate of drug-likeness (QED) is 0.486. The van der Waals surface area contributed by atoms with E-state index in [1.54, 1.807) is 30.7 Å². The van der Waals surface area contributed by atoms with Gasteiger partial charge in [0, 0.05) is 38.1 Å². The largest absolute Gasteiger partial charge is 0.353 e. The molecule has 0 bridgehead atoms. The molecule has 0 unspecified atom stereocenters. The number of carbonyl (C=O) groups is 1. The van der Waals surface area contributed by atoms with E-state index in [1.165, 1.54) is 17.1 Å². The monoisotopic (exact) mass is 459 g/mol. The van der Waals surface area contributed by atoms with Crippen molar-refractivity contribution in [3.05, 3.63) is 78.9 Å². The van der Waals surface area contributed by atoms with E-state index in [0.717, 1.165) is 31.6 Å². The van der Waals surface area contributed by atoms with Crippen molar-refractivity contribution in [2.24, 2.45) is 0 Å². The highest BCUT2D eigenvalue weighted by molar-refractivity contribution is 6.03. The molecule has 0 radical (unpaired) electrons. The number of piperazine rings is 1. The summed E-state index contributed by atoms with van der Waals surface area (Å²) in [5.74, 6) is 1.18. The van der Waals surface area contributed by atoms with Gasteiger partial charge in [-0.2, -0.15) is 5.10 Å². The van der Waals surface area contributed by atoms with Crippen molar-refractivity contribution >= 4 is 23.4 Å². The summed E-state index contributed by atoms with van der Waals surface area (Å²) in [6, 6.07) is 9.29. The second-order valence-electron chi connectivity index (χ2n) is 7.91. The zero-order chi connectivity index (χ0) is 23.5. The molecule has 1 amide bonds. The van der Waals surface area contributed by atoms with Crippen LogP contribution in [0.3, 0.4) is 0 Å². The minimum Gasteiger partial charge on any atom is -0.353 e. The molecule has 0 spiro atoms. The summed E-state index contributed by atoms with van der Waals surface area (Å²) >= 11 is 0. The van der Waals surface area contributed by atoms with Gasteiger partial charge in [0.15, 0.2) is 11.6 Å². The third-order valence-corrected chi connectivity index (χ3v) is 5.55. The molecular formula is C23H22FN9O. The summed E-state index contributed by atoms with van der Waals surface area (Å²) in [6.07, 6.45) is 8.68. The maximum Gasteiger partial charge on any atom is 0.257 e. The summed E-state index contributed by atoms with van der Waals surface area (Å²) in [4.78, 5) is 34.5. The average molecular weight is 459 g/mol. The number of anilines is 3. The van der Waals surface area contributed by atoms with Crippen LogP contribution < -0.4 is 15.1 Å². The number of rotatable bonds is 5. The zero-order valence-corrected chi connectivity index (χ0v) is 18.4. The van der Waals surface area contributed by atoms with Crippen LogP contribution in [-0.4, -0.2) is 61.3 Å². The smallest absolute Gasteiger partial charge is 0.257 e. The van der Waals surface area contributed by atoms with E-state index in [9.17, 15) is 9.18 Å². The molecule has 0 saturated carbocycles. The van der Waals surface area contributed by atoms with E-state index >= 15 is 0 Å². The molecule has 5 heterocycles.